The van der Waals surface area contributed by atoms with Crippen molar-refractivity contribution in [2.45, 2.75) is 19.3 Å². The Morgan fingerprint density at radius 2 is 1.03 bits per heavy atom. The molecule has 1 aliphatic carbocycles. The molecule has 10 aromatic carbocycles. The van der Waals surface area contributed by atoms with E-state index in [2.05, 4.69) is 206 Å². The predicted octanol–water partition coefficient (Wildman–Crippen LogP) is 16.4. The van der Waals surface area contributed by atoms with E-state index in [1.54, 1.807) is 0 Å². The first-order valence-corrected chi connectivity index (χ1v) is 21.0. The van der Waals surface area contributed by atoms with Gasteiger partial charge in [0.1, 0.15) is 22.7 Å². The second-order valence-corrected chi connectivity index (χ2v) is 16.9. The molecule has 13 rings (SSSR count). The maximum absolute atomic E-state index is 7.07. The van der Waals surface area contributed by atoms with Gasteiger partial charge in [0.25, 0.3) is 0 Å². The lowest BCUT2D eigenvalue weighted by molar-refractivity contribution is 0.493. The van der Waals surface area contributed by atoms with Gasteiger partial charge in [0.2, 0.25) is 0 Å². The molecule has 0 amide bonds. The van der Waals surface area contributed by atoms with Crippen molar-refractivity contribution in [3.8, 4) is 22.6 Å². The van der Waals surface area contributed by atoms with Crippen LogP contribution in [0.1, 0.15) is 25.0 Å². The van der Waals surface area contributed by atoms with Gasteiger partial charge in [-0.2, -0.15) is 0 Å². The molecule has 288 valence electrons. The number of nitrogens with zero attached hydrogens (tertiary/aromatic N) is 2. The van der Waals surface area contributed by atoms with Gasteiger partial charge < -0.3 is 19.0 Å². The summed E-state index contributed by atoms with van der Waals surface area (Å²) in [6.07, 6.45) is 0. The van der Waals surface area contributed by atoms with Crippen molar-refractivity contribution in [2.75, 3.05) is 9.80 Å². The quantitative estimate of drug-likeness (QED) is 0.157. The van der Waals surface area contributed by atoms with Gasteiger partial charge in [-0.05, 0) is 106 Å². The average Bonchev–Trinajstić information content (AvgIpc) is 3.78. The lowest BCUT2D eigenvalue weighted by Gasteiger charge is -2.30. The van der Waals surface area contributed by atoms with Crippen LogP contribution in [-0.2, 0) is 5.41 Å². The lowest BCUT2D eigenvalue weighted by atomic mass is 9.82. The Kier molecular flexibility index (Phi) is 7.04. The van der Waals surface area contributed by atoms with Crippen molar-refractivity contribution in [3.63, 3.8) is 0 Å². The van der Waals surface area contributed by atoms with Gasteiger partial charge in [-0.3, -0.25) is 0 Å². The first-order chi connectivity index (χ1) is 30.0. The van der Waals surface area contributed by atoms with Crippen LogP contribution in [0.5, 0.6) is 11.5 Å². The Balaban J connectivity index is 1.01. The molecule has 0 unspecified atom stereocenters. The maximum Gasteiger partial charge on any atom is 0.138 e. The van der Waals surface area contributed by atoms with Gasteiger partial charge in [-0.25, -0.2) is 0 Å². The van der Waals surface area contributed by atoms with Crippen LogP contribution in [-0.4, -0.2) is 0 Å². The van der Waals surface area contributed by atoms with Gasteiger partial charge in [0.15, 0.2) is 0 Å². The molecule has 1 aromatic heterocycles. The second-order valence-electron chi connectivity index (χ2n) is 16.9. The van der Waals surface area contributed by atoms with Gasteiger partial charge in [0.05, 0.1) is 11.4 Å². The van der Waals surface area contributed by atoms with Gasteiger partial charge >= 0.3 is 0 Å². The summed E-state index contributed by atoms with van der Waals surface area (Å²) in [5.41, 5.74) is 13.4. The molecule has 2 heterocycles. The Bertz CT molecular complexity index is 3610. The monoisotopic (exact) mass is 782 g/mol. The zero-order valence-corrected chi connectivity index (χ0v) is 33.7. The minimum Gasteiger partial charge on any atom is -0.456 e. The Morgan fingerprint density at radius 1 is 0.377 bits per heavy atom. The molecule has 61 heavy (non-hydrogen) atoms. The molecule has 1 aliphatic heterocycles. The standard InChI is InChI=1S/C57H38N2O2/c1-57(2)47-21-11-9-18-42(47)46-32-39(27-29-48(46)57)58(37-14-5-3-6-15-37)41-30-35-24-25-36-31-49(45-20-13-23-51-56(45)55(36)54(35)53(34-41)61-51)59(38-16-7-4-8-17-38)40-26-28-44-43-19-10-12-22-50(43)60-52(44)33-40/h3-34H,1-2H3. The molecule has 0 spiro atoms. The van der Waals surface area contributed by atoms with Crippen LogP contribution >= 0.6 is 0 Å². The summed E-state index contributed by atoms with van der Waals surface area (Å²) >= 11 is 0. The number of ether oxygens (including phenoxy) is 1. The number of hydrogen-bond acceptors (Lipinski definition) is 4. The molecule has 0 saturated heterocycles. The fraction of sp³-hybridized carbons (Fsp3) is 0.0526. The number of para-hydroxylation sites is 3. The Morgan fingerprint density at radius 3 is 1.87 bits per heavy atom. The smallest absolute Gasteiger partial charge is 0.138 e. The molecular formula is C57H38N2O2. The highest BCUT2D eigenvalue weighted by molar-refractivity contribution is 6.28. The number of hydrogen-bond donors (Lipinski definition) is 0. The zero-order valence-electron chi connectivity index (χ0n) is 33.7. The van der Waals surface area contributed by atoms with E-state index in [0.717, 1.165) is 94.5 Å². The molecule has 0 N–H and O–H groups in total. The van der Waals surface area contributed by atoms with E-state index in [1.165, 1.54) is 27.6 Å². The number of fused-ring (bicyclic) bond motifs is 6. The Labute approximate surface area is 353 Å². The largest absolute Gasteiger partial charge is 0.456 e. The normalized spacial score (nSPS) is 13.3. The van der Waals surface area contributed by atoms with Crippen LogP contribution in [0.15, 0.2) is 199 Å². The van der Waals surface area contributed by atoms with E-state index < -0.39 is 0 Å². The fourth-order valence-electron chi connectivity index (χ4n) is 10.4. The summed E-state index contributed by atoms with van der Waals surface area (Å²) < 4.78 is 13.5. The molecule has 0 saturated carbocycles. The minimum absolute atomic E-state index is 0.0666. The Hall–Kier alpha value is -7.82. The summed E-state index contributed by atoms with van der Waals surface area (Å²) in [6, 6.07) is 69.8. The highest BCUT2D eigenvalue weighted by atomic mass is 16.5. The molecule has 0 atom stereocenters. The molecule has 0 fully saturated rings. The van der Waals surface area contributed by atoms with Crippen LogP contribution < -0.4 is 14.5 Å². The minimum atomic E-state index is -0.0666. The van der Waals surface area contributed by atoms with Crippen LogP contribution in [0.25, 0.3) is 65.4 Å². The van der Waals surface area contributed by atoms with Crippen molar-refractivity contribution in [2.24, 2.45) is 0 Å². The number of furan rings is 1. The van der Waals surface area contributed by atoms with E-state index in [0.29, 0.717) is 0 Å². The highest BCUT2D eigenvalue weighted by Crippen LogP contribution is 2.54. The van der Waals surface area contributed by atoms with Crippen molar-refractivity contribution < 1.29 is 9.15 Å². The predicted molar refractivity (Wildman–Crippen MR) is 253 cm³/mol. The molecule has 2 aliphatic rings. The van der Waals surface area contributed by atoms with Gasteiger partial charge in [-0.15, -0.1) is 0 Å². The maximum atomic E-state index is 7.07. The van der Waals surface area contributed by atoms with Crippen molar-refractivity contribution >= 4 is 88.4 Å². The van der Waals surface area contributed by atoms with Crippen molar-refractivity contribution in [3.05, 3.63) is 205 Å². The topological polar surface area (TPSA) is 28.9 Å². The molecule has 0 bridgehead atoms. The third-order valence-electron chi connectivity index (χ3n) is 13.1. The van der Waals surface area contributed by atoms with E-state index in [9.17, 15) is 0 Å². The lowest BCUT2D eigenvalue weighted by Crippen LogP contribution is -2.15. The molecule has 0 radical (unpaired) electrons. The fourth-order valence-corrected chi connectivity index (χ4v) is 10.4. The summed E-state index contributed by atoms with van der Waals surface area (Å²) in [7, 11) is 0. The molecule has 4 nitrogen and oxygen atoms in total. The molecule has 4 heteroatoms. The van der Waals surface area contributed by atoms with Gasteiger partial charge in [-0.1, -0.05) is 123 Å². The van der Waals surface area contributed by atoms with Crippen LogP contribution in [0.2, 0.25) is 0 Å². The molecule has 11 aromatic rings. The second kappa shape index (κ2) is 12.6. The van der Waals surface area contributed by atoms with Crippen LogP contribution in [0.3, 0.4) is 0 Å². The SMILES string of the molecule is CC1(C)c2ccccc2-c2cc(N(c3ccccc3)c3cc4c5c(ccc6cc(N(c7ccccc7)c7ccc8c(c7)oc7ccccc78)c7cccc(c7c65)O4)c3)ccc21. The number of anilines is 6. The van der Waals surface area contributed by atoms with E-state index in [1.807, 2.05) is 12.1 Å². The first-order valence-electron chi connectivity index (χ1n) is 21.0. The number of rotatable bonds is 6. The molecular weight excluding hydrogens is 745 g/mol. The zero-order chi connectivity index (χ0) is 40.4. The average molecular weight is 783 g/mol. The third kappa shape index (κ3) is 4.93. The van der Waals surface area contributed by atoms with E-state index in [4.69, 9.17) is 9.15 Å². The third-order valence-corrected chi connectivity index (χ3v) is 13.1. The van der Waals surface area contributed by atoms with Gasteiger partial charge in [0, 0.05) is 72.6 Å². The number of benzene rings is 10. The van der Waals surface area contributed by atoms with E-state index >= 15 is 0 Å². The van der Waals surface area contributed by atoms with Crippen LogP contribution in [0, 0.1) is 0 Å². The van der Waals surface area contributed by atoms with Crippen molar-refractivity contribution in [1.82, 2.24) is 0 Å². The van der Waals surface area contributed by atoms with Crippen molar-refractivity contribution in [1.29, 1.82) is 0 Å². The van der Waals surface area contributed by atoms with E-state index in [-0.39, 0.29) is 5.41 Å². The highest BCUT2D eigenvalue weighted by Gasteiger charge is 2.36. The summed E-state index contributed by atoms with van der Waals surface area (Å²) in [6.45, 7) is 4.67. The summed E-state index contributed by atoms with van der Waals surface area (Å²) in [5, 5.41) is 9.09. The summed E-state index contributed by atoms with van der Waals surface area (Å²) in [5.74, 6) is 1.71. The summed E-state index contributed by atoms with van der Waals surface area (Å²) in [4.78, 5) is 4.72. The van der Waals surface area contributed by atoms with Crippen LogP contribution in [0.4, 0.5) is 34.1 Å². The first kappa shape index (κ1) is 34.1.